The molecule has 0 aliphatic carbocycles. The standard InChI is InChI=1S/C22H26ClN3O3/c1-29-19-9-5-6-16(13-19)20(26-10-2-3-11-26)14-24-21(27)15-25-22(28)17-7-4-8-18(23)12-17/h4-9,12-13,20H,2-3,10-11,14-15H2,1H3,(H,24,27)(H,25,28). The number of ether oxygens (including phenoxy) is 1. The topological polar surface area (TPSA) is 70.7 Å². The number of hydrogen-bond acceptors (Lipinski definition) is 4. The molecule has 0 bridgehead atoms. The van der Waals surface area contributed by atoms with Crippen molar-refractivity contribution in [2.75, 3.05) is 33.3 Å². The summed E-state index contributed by atoms with van der Waals surface area (Å²) in [6, 6.07) is 14.6. The lowest BCUT2D eigenvalue weighted by atomic mass is 10.0. The fourth-order valence-electron chi connectivity index (χ4n) is 3.53. The first-order valence-electron chi connectivity index (χ1n) is 9.75. The van der Waals surface area contributed by atoms with E-state index in [1.807, 2.05) is 18.2 Å². The summed E-state index contributed by atoms with van der Waals surface area (Å²) in [5.41, 5.74) is 1.53. The van der Waals surface area contributed by atoms with Crippen molar-refractivity contribution in [3.8, 4) is 5.75 Å². The SMILES string of the molecule is COc1cccc(C(CNC(=O)CNC(=O)c2cccc(Cl)c2)N2CCCC2)c1. The van der Waals surface area contributed by atoms with E-state index in [9.17, 15) is 9.59 Å². The summed E-state index contributed by atoms with van der Waals surface area (Å²) in [7, 11) is 1.65. The Balaban J connectivity index is 1.57. The average molecular weight is 416 g/mol. The van der Waals surface area contributed by atoms with Crippen molar-refractivity contribution in [2.24, 2.45) is 0 Å². The highest BCUT2D eigenvalue weighted by Gasteiger charge is 2.24. The molecule has 7 heteroatoms. The molecule has 1 fully saturated rings. The predicted octanol–water partition coefficient (Wildman–Crippen LogP) is 3.03. The highest BCUT2D eigenvalue weighted by atomic mass is 35.5. The molecule has 1 aliphatic heterocycles. The van der Waals surface area contributed by atoms with Crippen LogP contribution >= 0.6 is 11.6 Å². The first-order valence-corrected chi connectivity index (χ1v) is 10.1. The van der Waals surface area contributed by atoms with Gasteiger partial charge in [-0.25, -0.2) is 0 Å². The summed E-state index contributed by atoms with van der Waals surface area (Å²) in [5, 5.41) is 6.07. The lowest BCUT2D eigenvalue weighted by Crippen LogP contribution is -2.41. The number of benzene rings is 2. The van der Waals surface area contributed by atoms with Crippen molar-refractivity contribution in [3.05, 3.63) is 64.7 Å². The Morgan fingerprint density at radius 1 is 1.10 bits per heavy atom. The molecule has 0 aromatic heterocycles. The van der Waals surface area contributed by atoms with Crippen LogP contribution in [0.1, 0.15) is 34.8 Å². The molecule has 1 aliphatic rings. The van der Waals surface area contributed by atoms with Gasteiger partial charge < -0.3 is 15.4 Å². The van der Waals surface area contributed by atoms with E-state index in [0.717, 1.165) is 37.2 Å². The quantitative estimate of drug-likeness (QED) is 0.695. The zero-order valence-corrected chi connectivity index (χ0v) is 17.2. The Labute approximate surface area is 176 Å². The summed E-state index contributed by atoms with van der Waals surface area (Å²) < 4.78 is 5.35. The maximum absolute atomic E-state index is 12.3. The van der Waals surface area contributed by atoms with Crippen LogP contribution in [-0.4, -0.2) is 50.0 Å². The molecule has 0 radical (unpaired) electrons. The van der Waals surface area contributed by atoms with Gasteiger partial charge in [-0.05, 0) is 61.8 Å². The number of carbonyl (C=O) groups excluding carboxylic acids is 2. The molecule has 2 N–H and O–H groups in total. The Bertz CT molecular complexity index is 853. The summed E-state index contributed by atoms with van der Waals surface area (Å²) in [4.78, 5) is 26.9. The largest absolute Gasteiger partial charge is 0.497 e. The lowest BCUT2D eigenvalue weighted by Gasteiger charge is -2.28. The van der Waals surface area contributed by atoms with Gasteiger partial charge in [0.1, 0.15) is 5.75 Å². The van der Waals surface area contributed by atoms with E-state index in [2.05, 4.69) is 21.6 Å². The molecular weight excluding hydrogens is 390 g/mol. The zero-order valence-electron chi connectivity index (χ0n) is 16.5. The summed E-state index contributed by atoms with van der Waals surface area (Å²) in [5.74, 6) is 0.241. The van der Waals surface area contributed by atoms with E-state index in [0.29, 0.717) is 17.1 Å². The molecule has 1 heterocycles. The molecule has 6 nitrogen and oxygen atoms in total. The third kappa shape index (κ3) is 5.95. The van der Waals surface area contributed by atoms with Gasteiger partial charge in [-0.15, -0.1) is 0 Å². The third-order valence-corrected chi connectivity index (χ3v) is 5.28. The number of hydrogen-bond donors (Lipinski definition) is 2. The van der Waals surface area contributed by atoms with Crippen molar-refractivity contribution in [2.45, 2.75) is 18.9 Å². The van der Waals surface area contributed by atoms with Crippen molar-refractivity contribution >= 4 is 23.4 Å². The zero-order chi connectivity index (χ0) is 20.6. The van der Waals surface area contributed by atoms with Crippen LogP contribution in [0.15, 0.2) is 48.5 Å². The molecule has 3 rings (SSSR count). The second-order valence-corrected chi connectivity index (χ2v) is 7.47. The van der Waals surface area contributed by atoms with Gasteiger partial charge in [0, 0.05) is 17.1 Å². The van der Waals surface area contributed by atoms with Crippen molar-refractivity contribution < 1.29 is 14.3 Å². The first kappa shape index (κ1) is 21.1. The molecule has 154 valence electrons. The first-order chi connectivity index (χ1) is 14.1. The molecule has 2 aromatic rings. The van der Waals surface area contributed by atoms with E-state index in [1.54, 1.807) is 31.4 Å². The molecule has 0 saturated carbocycles. The third-order valence-electron chi connectivity index (χ3n) is 5.05. The second kappa shape index (κ2) is 10.3. The fraction of sp³-hybridized carbons (Fsp3) is 0.364. The van der Waals surface area contributed by atoms with Crippen LogP contribution in [0.25, 0.3) is 0 Å². The van der Waals surface area contributed by atoms with Crippen LogP contribution in [0.5, 0.6) is 5.75 Å². The molecule has 2 amide bonds. The van der Waals surface area contributed by atoms with Crippen LogP contribution < -0.4 is 15.4 Å². The van der Waals surface area contributed by atoms with Crippen LogP contribution in [0.3, 0.4) is 0 Å². The number of nitrogens with one attached hydrogen (secondary N) is 2. The second-order valence-electron chi connectivity index (χ2n) is 7.03. The number of halogens is 1. The van der Waals surface area contributed by atoms with E-state index >= 15 is 0 Å². The van der Waals surface area contributed by atoms with Crippen molar-refractivity contribution in [1.29, 1.82) is 0 Å². The minimum atomic E-state index is -0.327. The van der Waals surface area contributed by atoms with Gasteiger partial charge in [-0.1, -0.05) is 29.8 Å². The van der Waals surface area contributed by atoms with E-state index in [-0.39, 0.29) is 24.4 Å². The molecule has 1 saturated heterocycles. The molecular formula is C22H26ClN3O3. The van der Waals surface area contributed by atoms with Gasteiger partial charge in [0.05, 0.1) is 19.7 Å². The molecule has 29 heavy (non-hydrogen) atoms. The Morgan fingerprint density at radius 2 is 1.86 bits per heavy atom. The summed E-state index contributed by atoms with van der Waals surface area (Å²) >= 11 is 5.91. The number of methoxy groups -OCH3 is 1. The van der Waals surface area contributed by atoms with Gasteiger partial charge in [-0.3, -0.25) is 14.5 Å². The highest BCUT2D eigenvalue weighted by molar-refractivity contribution is 6.30. The van der Waals surface area contributed by atoms with E-state index in [4.69, 9.17) is 16.3 Å². The summed E-state index contributed by atoms with van der Waals surface area (Å²) in [6.07, 6.45) is 2.31. The van der Waals surface area contributed by atoms with Gasteiger partial charge >= 0.3 is 0 Å². The number of amides is 2. The van der Waals surface area contributed by atoms with Crippen LogP contribution in [0.4, 0.5) is 0 Å². The Hall–Kier alpha value is -2.57. The lowest BCUT2D eigenvalue weighted by molar-refractivity contribution is -0.120. The Kier molecular flexibility index (Phi) is 7.49. The predicted molar refractivity (Wildman–Crippen MR) is 113 cm³/mol. The smallest absolute Gasteiger partial charge is 0.251 e. The van der Waals surface area contributed by atoms with Crippen LogP contribution in [0.2, 0.25) is 5.02 Å². The fourth-order valence-corrected chi connectivity index (χ4v) is 3.72. The monoisotopic (exact) mass is 415 g/mol. The molecule has 1 unspecified atom stereocenters. The average Bonchev–Trinajstić information content (AvgIpc) is 3.27. The number of nitrogens with zero attached hydrogens (tertiary/aromatic N) is 1. The molecule has 2 aromatic carbocycles. The highest BCUT2D eigenvalue weighted by Crippen LogP contribution is 2.27. The van der Waals surface area contributed by atoms with Gasteiger partial charge in [-0.2, -0.15) is 0 Å². The minimum Gasteiger partial charge on any atom is -0.497 e. The number of likely N-dealkylation sites (tertiary alicyclic amines) is 1. The summed E-state index contributed by atoms with van der Waals surface area (Å²) in [6.45, 7) is 2.39. The van der Waals surface area contributed by atoms with Gasteiger partial charge in [0.15, 0.2) is 0 Å². The molecule has 1 atom stereocenters. The maximum atomic E-state index is 12.3. The van der Waals surface area contributed by atoms with Crippen LogP contribution in [0, 0.1) is 0 Å². The number of carbonyl (C=O) groups is 2. The van der Waals surface area contributed by atoms with Crippen molar-refractivity contribution in [1.82, 2.24) is 15.5 Å². The maximum Gasteiger partial charge on any atom is 0.251 e. The van der Waals surface area contributed by atoms with E-state index < -0.39 is 0 Å². The van der Waals surface area contributed by atoms with Gasteiger partial charge in [0.2, 0.25) is 5.91 Å². The van der Waals surface area contributed by atoms with E-state index in [1.165, 1.54) is 0 Å². The van der Waals surface area contributed by atoms with Crippen molar-refractivity contribution in [3.63, 3.8) is 0 Å². The number of rotatable bonds is 8. The minimum absolute atomic E-state index is 0.0696. The molecule has 0 spiro atoms. The van der Waals surface area contributed by atoms with Crippen LogP contribution in [-0.2, 0) is 4.79 Å². The normalized spacial score (nSPS) is 15.0. The van der Waals surface area contributed by atoms with Gasteiger partial charge in [0.25, 0.3) is 5.91 Å². The Morgan fingerprint density at radius 3 is 2.59 bits per heavy atom.